The summed E-state index contributed by atoms with van der Waals surface area (Å²) >= 11 is 0. The lowest BCUT2D eigenvalue weighted by Crippen LogP contribution is -2.22. The molecule has 3 rings (SSSR count). The van der Waals surface area contributed by atoms with Crippen molar-refractivity contribution in [3.63, 3.8) is 0 Å². The number of rotatable bonds is 8. The molecule has 0 radical (unpaired) electrons. The van der Waals surface area contributed by atoms with Gasteiger partial charge in [-0.25, -0.2) is 4.79 Å². The lowest BCUT2D eigenvalue weighted by atomic mass is 10.2. The van der Waals surface area contributed by atoms with E-state index in [1.165, 1.54) is 11.8 Å². The first-order chi connectivity index (χ1) is 15.4. The number of nitrogens with zero attached hydrogens (tertiary/aromatic N) is 4. The van der Waals surface area contributed by atoms with Crippen molar-refractivity contribution in [2.75, 3.05) is 34.9 Å². The largest absolute Gasteiger partial charge is 0.494 e. The monoisotopic (exact) mass is 437 g/mol. The Morgan fingerprint density at radius 3 is 2.38 bits per heavy atom. The minimum absolute atomic E-state index is 0.0579. The summed E-state index contributed by atoms with van der Waals surface area (Å²) in [5.74, 6) is 0.787. The highest BCUT2D eigenvalue weighted by Gasteiger charge is 2.15. The van der Waals surface area contributed by atoms with Crippen LogP contribution in [0.5, 0.6) is 5.75 Å². The van der Waals surface area contributed by atoms with Crippen LogP contribution < -0.4 is 26.0 Å². The zero-order chi connectivity index (χ0) is 23.1. The highest BCUT2D eigenvalue weighted by atomic mass is 16.5. The first-order valence-electron chi connectivity index (χ1n) is 10.3. The fourth-order valence-electron chi connectivity index (χ4n) is 2.75. The molecule has 0 fully saturated rings. The Morgan fingerprint density at radius 2 is 1.75 bits per heavy atom. The number of anilines is 5. The van der Waals surface area contributed by atoms with Gasteiger partial charge in [-0.1, -0.05) is 13.3 Å². The number of nitrogen functional groups attached to an aromatic ring is 1. The van der Waals surface area contributed by atoms with Gasteiger partial charge in [-0.3, -0.25) is 4.79 Å². The van der Waals surface area contributed by atoms with Crippen LogP contribution >= 0.6 is 0 Å². The van der Waals surface area contributed by atoms with E-state index in [2.05, 4.69) is 27.6 Å². The van der Waals surface area contributed by atoms with E-state index in [-0.39, 0.29) is 17.8 Å². The van der Waals surface area contributed by atoms with Gasteiger partial charge in [0.25, 0.3) is 0 Å². The molecule has 0 aliphatic carbocycles. The molecule has 0 atom stereocenters. The van der Waals surface area contributed by atoms with Gasteiger partial charge in [0.2, 0.25) is 17.8 Å². The quantitative estimate of drug-likeness (QED) is 0.457. The summed E-state index contributed by atoms with van der Waals surface area (Å²) in [7, 11) is 1.69. The molecular weight excluding hydrogens is 410 g/mol. The average molecular weight is 438 g/mol. The number of carbonyl (C=O) groups is 2. The van der Waals surface area contributed by atoms with E-state index >= 15 is 0 Å². The summed E-state index contributed by atoms with van der Waals surface area (Å²) in [6.07, 6.45) is 2.05. The summed E-state index contributed by atoms with van der Waals surface area (Å²) in [6, 6.07) is 13.6. The van der Waals surface area contributed by atoms with Crippen LogP contribution in [-0.2, 0) is 4.79 Å². The fourth-order valence-corrected chi connectivity index (χ4v) is 2.75. The molecule has 1 heterocycles. The number of hydrogen-bond donors (Lipinski definition) is 3. The fraction of sp³-hybridized carbons (Fsp3) is 0.273. The predicted molar refractivity (Wildman–Crippen MR) is 125 cm³/mol. The SMILES string of the molecule is CCCCOc1ccc(NC(=O)n2nc(Nc3ccc(N(C)C(C)=O)cc3)nc2N)cc1. The standard InChI is InChI=1S/C22H27N7O3/c1-4-5-14-32-19-12-8-17(9-13-19)25-22(31)29-20(23)26-21(27-29)24-16-6-10-18(11-7-16)28(3)15(2)30/h6-13H,4-5,14H2,1-3H3,(H,25,31)(H3,23,24,26,27). The number of aromatic nitrogens is 3. The van der Waals surface area contributed by atoms with E-state index in [1.807, 2.05) is 0 Å². The number of carbonyl (C=O) groups excluding carboxylic acids is 2. The molecule has 0 aliphatic heterocycles. The van der Waals surface area contributed by atoms with Gasteiger partial charge >= 0.3 is 6.03 Å². The van der Waals surface area contributed by atoms with Crippen LogP contribution in [0.2, 0.25) is 0 Å². The Morgan fingerprint density at radius 1 is 1.09 bits per heavy atom. The Kier molecular flexibility index (Phi) is 7.27. The van der Waals surface area contributed by atoms with Crippen LogP contribution in [0.25, 0.3) is 0 Å². The van der Waals surface area contributed by atoms with Crippen molar-refractivity contribution in [3.05, 3.63) is 48.5 Å². The zero-order valence-corrected chi connectivity index (χ0v) is 18.3. The maximum absolute atomic E-state index is 12.6. The van der Waals surface area contributed by atoms with Crippen LogP contribution in [0.4, 0.5) is 33.8 Å². The second kappa shape index (κ2) is 10.3. The van der Waals surface area contributed by atoms with Gasteiger partial charge in [0, 0.05) is 31.0 Å². The minimum atomic E-state index is -0.541. The van der Waals surface area contributed by atoms with E-state index in [1.54, 1.807) is 55.6 Å². The molecule has 2 aromatic carbocycles. The third kappa shape index (κ3) is 5.75. The van der Waals surface area contributed by atoms with Crippen molar-refractivity contribution in [1.82, 2.24) is 14.8 Å². The lowest BCUT2D eigenvalue weighted by molar-refractivity contribution is -0.116. The predicted octanol–water partition coefficient (Wildman–Crippen LogP) is 3.85. The van der Waals surface area contributed by atoms with Gasteiger partial charge in [-0.2, -0.15) is 4.98 Å². The normalized spacial score (nSPS) is 10.5. The molecule has 10 heteroatoms. The molecule has 0 spiro atoms. The second-order valence-electron chi connectivity index (χ2n) is 7.11. The summed E-state index contributed by atoms with van der Waals surface area (Å²) in [5, 5.41) is 9.83. The molecule has 0 bridgehead atoms. The number of hydrogen-bond acceptors (Lipinski definition) is 7. The number of nitrogens with one attached hydrogen (secondary N) is 2. The van der Waals surface area contributed by atoms with Crippen molar-refractivity contribution < 1.29 is 14.3 Å². The first kappa shape index (κ1) is 22.6. The number of benzene rings is 2. The Balaban J connectivity index is 1.62. The van der Waals surface area contributed by atoms with E-state index in [9.17, 15) is 9.59 Å². The highest BCUT2D eigenvalue weighted by Crippen LogP contribution is 2.20. The summed E-state index contributed by atoms with van der Waals surface area (Å²) in [4.78, 5) is 29.6. The third-order valence-electron chi connectivity index (χ3n) is 4.68. The van der Waals surface area contributed by atoms with Crippen LogP contribution in [0.1, 0.15) is 26.7 Å². The molecule has 1 aromatic heterocycles. The topological polar surface area (TPSA) is 127 Å². The Hall–Kier alpha value is -4.08. The number of unbranched alkanes of at least 4 members (excludes halogenated alkanes) is 1. The molecule has 2 amide bonds. The van der Waals surface area contributed by atoms with E-state index in [4.69, 9.17) is 10.5 Å². The molecule has 3 aromatic rings. The van der Waals surface area contributed by atoms with Crippen molar-refractivity contribution in [3.8, 4) is 5.75 Å². The maximum Gasteiger partial charge on any atom is 0.349 e. The second-order valence-corrected chi connectivity index (χ2v) is 7.11. The number of ether oxygens (including phenoxy) is 1. The van der Waals surface area contributed by atoms with Crippen molar-refractivity contribution in [1.29, 1.82) is 0 Å². The summed E-state index contributed by atoms with van der Waals surface area (Å²) in [6.45, 7) is 4.25. The van der Waals surface area contributed by atoms with Gasteiger partial charge in [-0.05, 0) is 55.0 Å². The van der Waals surface area contributed by atoms with Crippen LogP contribution in [0, 0.1) is 0 Å². The van der Waals surface area contributed by atoms with Crippen molar-refractivity contribution in [2.45, 2.75) is 26.7 Å². The first-order valence-corrected chi connectivity index (χ1v) is 10.3. The molecule has 0 saturated carbocycles. The van der Waals surface area contributed by atoms with Gasteiger partial charge in [0.05, 0.1) is 6.61 Å². The smallest absolute Gasteiger partial charge is 0.349 e. The van der Waals surface area contributed by atoms with E-state index in [0.717, 1.165) is 29.0 Å². The lowest BCUT2D eigenvalue weighted by Gasteiger charge is -2.15. The van der Waals surface area contributed by atoms with Crippen molar-refractivity contribution in [2.24, 2.45) is 0 Å². The summed E-state index contributed by atoms with van der Waals surface area (Å²) in [5.41, 5.74) is 7.87. The molecule has 0 saturated heterocycles. The third-order valence-corrected chi connectivity index (χ3v) is 4.68. The van der Waals surface area contributed by atoms with Crippen LogP contribution in [-0.4, -0.2) is 40.4 Å². The molecule has 168 valence electrons. The molecule has 10 nitrogen and oxygen atoms in total. The Labute approximate surface area is 186 Å². The molecule has 4 N–H and O–H groups in total. The number of nitrogens with two attached hydrogens (primary N) is 1. The molecule has 0 aliphatic rings. The van der Waals surface area contributed by atoms with Gasteiger partial charge in [-0.15, -0.1) is 9.78 Å². The van der Waals surface area contributed by atoms with Crippen molar-refractivity contribution >= 4 is 40.9 Å². The van der Waals surface area contributed by atoms with Gasteiger partial charge in [0.15, 0.2) is 0 Å². The number of amides is 2. The minimum Gasteiger partial charge on any atom is -0.494 e. The summed E-state index contributed by atoms with van der Waals surface area (Å²) < 4.78 is 6.59. The van der Waals surface area contributed by atoms with Crippen LogP contribution in [0.3, 0.4) is 0 Å². The molecular formula is C22H27N7O3. The Bertz CT molecular complexity index is 1060. The van der Waals surface area contributed by atoms with Crippen LogP contribution in [0.15, 0.2) is 48.5 Å². The van der Waals surface area contributed by atoms with Gasteiger partial charge in [0.1, 0.15) is 5.75 Å². The zero-order valence-electron chi connectivity index (χ0n) is 18.3. The highest BCUT2D eigenvalue weighted by molar-refractivity contribution is 5.92. The molecule has 32 heavy (non-hydrogen) atoms. The van der Waals surface area contributed by atoms with E-state index < -0.39 is 6.03 Å². The van der Waals surface area contributed by atoms with E-state index in [0.29, 0.717) is 18.0 Å². The molecule has 0 unspecified atom stereocenters. The van der Waals surface area contributed by atoms with Gasteiger partial charge < -0.3 is 26.0 Å². The maximum atomic E-state index is 12.6. The average Bonchev–Trinajstić information content (AvgIpc) is 3.15.